The number of aryl methyl sites for hydroxylation is 1. The molecule has 0 bridgehead atoms. The summed E-state index contributed by atoms with van der Waals surface area (Å²) in [6, 6.07) is 2.69. The van der Waals surface area contributed by atoms with Gasteiger partial charge in [-0.05, 0) is 25.7 Å². The lowest BCUT2D eigenvalue weighted by molar-refractivity contribution is 0.668. The Morgan fingerprint density at radius 2 is 2.20 bits per heavy atom. The first kappa shape index (κ1) is 15.4. The number of thioether (sulfide) groups is 1. The lowest BCUT2D eigenvalue weighted by Crippen LogP contribution is -2.34. The molecule has 0 saturated carbocycles. The van der Waals surface area contributed by atoms with Crippen molar-refractivity contribution in [2.45, 2.75) is 26.3 Å². The quantitative estimate of drug-likeness (QED) is 0.882. The fourth-order valence-corrected chi connectivity index (χ4v) is 3.99. The van der Waals surface area contributed by atoms with Gasteiger partial charge in [-0.2, -0.15) is 16.7 Å². The van der Waals surface area contributed by atoms with Crippen LogP contribution in [0.25, 0.3) is 10.2 Å². The van der Waals surface area contributed by atoms with Crippen molar-refractivity contribution in [3.8, 4) is 0 Å². The van der Waals surface area contributed by atoms with Crippen LogP contribution in [0.15, 0.2) is 6.07 Å². The molecule has 0 amide bonds. The van der Waals surface area contributed by atoms with Crippen molar-refractivity contribution in [2.24, 2.45) is 0 Å². The minimum atomic E-state index is 0.494. The van der Waals surface area contributed by atoms with E-state index in [9.17, 15) is 0 Å². The standard InChI is InChI=1S/C14H22N4S2/c1-6-10(8-19-5)18(4)12-11-7-9(2)20-13(11)17-14(15-3)16-12/h7,10H,6,8H2,1-5H3,(H,15,16,17). The number of hydrogen-bond acceptors (Lipinski definition) is 6. The van der Waals surface area contributed by atoms with Gasteiger partial charge in [-0.3, -0.25) is 0 Å². The zero-order chi connectivity index (χ0) is 14.7. The van der Waals surface area contributed by atoms with Crippen LogP contribution in [0.2, 0.25) is 0 Å². The van der Waals surface area contributed by atoms with Crippen LogP contribution in [-0.2, 0) is 0 Å². The number of hydrogen-bond donors (Lipinski definition) is 1. The zero-order valence-electron chi connectivity index (χ0n) is 12.7. The molecule has 0 spiro atoms. The molecule has 0 fully saturated rings. The molecule has 2 heterocycles. The molecular formula is C14H22N4S2. The summed E-state index contributed by atoms with van der Waals surface area (Å²) in [5, 5.41) is 4.23. The van der Waals surface area contributed by atoms with Gasteiger partial charge in [-0.1, -0.05) is 6.92 Å². The molecule has 0 aliphatic rings. The zero-order valence-corrected chi connectivity index (χ0v) is 14.4. The van der Waals surface area contributed by atoms with Gasteiger partial charge in [-0.15, -0.1) is 11.3 Å². The summed E-state index contributed by atoms with van der Waals surface area (Å²) in [6.07, 6.45) is 3.26. The lowest BCUT2D eigenvalue weighted by atomic mass is 10.2. The summed E-state index contributed by atoms with van der Waals surface area (Å²) < 4.78 is 0. The van der Waals surface area contributed by atoms with Crippen molar-refractivity contribution in [1.29, 1.82) is 0 Å². The number of thiophene rings is 1. The third-order valence-electron chi connectivity index (χ3n) is 3.43. The van der Waals surface area contributed by atoms with Crippen molar-refractivity contribution in [3.05, 3.63) is 10.9 Å². The Bertz CT molecular complexity index is 582. The molecule has 0 aliphatic carbocycles. The van der Waals surface area contributed by atoms with Crippen LogP contribution < -0.4 is 10.2 Å². The first-order chi connectivity index (χ1) is 9.60. The topological polar surface area (TPSA) is 41.1 Å². The summed E-state index contributed by atoms with van der Waals surface area (Å²) in [5.74, 6) is 2.83. The van der Waals surface area contributed by atoms with Gasteiger partial charge in [0.05, 0.1) is 5.39 Å². The Morgan fingerprint density at radius 1 is 1.45 bits per heavy atom. The Balaban J connectivity index is 2.50. The lowest BCUT2D eigenvalue weighted by Gasteiger charge is -2.28. The molecule has 0 aromatic carbocycles. The SMILES string of the molecule is CCC(CSC)N(C)c1nc(NC)nc2sc(C)cc12. The Labute approximate surface area is 129 Å². The highest BCUT2D eigenvalue weighted by molar-refractivity contribution is 7.98. The summed E-state index contributed by atoms with van der Waals surface area (Å²) in [5.41, 5.74) is 0. The third-order valence-corrected chi connectivity index (χ3v) is 5.09. The van der Waals surface area contributed by atoms with E-state index in [0.29, 0.717) is 12.0 Å². The summed E-state index contributed by atoms with van der Waals surface area (Å²) in [4.78, 5) is 13.9. The number of fused-ring (bicyclic) bond motifs is 1. The van der Waals surface area contributed by atoms with Crippen molar-refractivity contribution in [2.75, 3.05) is 36.3 Å². The summed E-state index contributed by atoms with van der Waals surface area (Å²) >= 11 is 3.60. The maximum absolute atomic E-state index is 4.68. The third kappa shape index (κ3) is 3.01. The molecular weight excluding hydrogens is 288 g/mol. The summed E-state index contributed by atoms with van der Waals surface area (Å²) in [7, 11) is 4.00. The molecule has 20 heavy (non-hydrogen) atoms. The monoisotopic (exact) mass is 310 g/mol. The van der Waals surface area contributed by atoms with Gasteiger partial charge in [0.2, 0.25) is 5.95 Å². The first-order valence-corrected chi connectivity index (χ1v) is 8.99. The predicted octanol–water partition coefficient (Wildman–Crippen LogP) is 3.62. The van der Waals surface area contributed by atoms with Gasteiger partial charge >= 0.3 is 0 Å². The van der Waals surface area contributed by atoms with Crippen molar-refractivity contribution >= 4 is 45.1 Å². The van der Waals surface area contributed by atoms with E-state index in [1.807, 2.05) is 18.8 Å². The highest BCUT2D eigenvalue weighted by atomic mass is 32.2. The molecule has 1 atom stereocenters. The average molecular weight is 310 g/mol. The molecule has 110 valence electrons. The van der Waals surface area contributed by atoms with Gasteiger partial charge in [0.1, 0.15) is 10.6 Å². The first-order valence-electron chi connectivity index (χ1n) is 6.78. The van der Waals surface area contributed by atoms with E-state index in [2.05, 4.69) is 53.4 Å². The Kier molecular flexibility index (Phi) is 5.10. The maximum Gasteiger partial charge on any atom is 0.225 e. The van der Waals surface area contributed by atoms with E-state index in [-0.39, 0.29) is 0 Å². The van der Waals surface area contributed by atoms with E-state index in [1.165, 1.54) is 4.88 Å². The van der Waals surface area contributed by atoms with Crippen LogP contribution in [0, 0.1) is 6.92 Å². The molecule has 6 heteroatoms. The number of nitrogens with zero attached hydrogens (tertiary/aromatic N) is 3. The van der Waals surface area contributed by atoms with Gasteiger partial charge in [0.15, 0.2) is 0 Å². The van der Waals surface area contributed by atoms with E-state index >= 15 is 0 Å². The summed E-state index contributed by atoms with van der Waals surface area (Å²) in [6.45, 7) is 4.35. The van der Waals surface area contributed by atoms with Crippen LogP contribution in [0.3, 0.4) is 0 Å². The molecule has 0 aliphatic heterocycles. The van der Waals surface area contributed by atoms with Crippen LogP contribution in [0.5, 0.6) is 0 Å². The minimum absolute atomic E-state index is 0.494. The predicted molar refractivity (Wildman–Crippen MR) is 92.6 cm³/mol. The minimum Gasteiger partial charge on any atom is -0.357 e. The maximum atomic E-state index is 4.68. The number of nitrogens with one attached hydrogen (secondary N) is 1. The van der Waals surface area contributed by atoms with Crippen LogP contribution in [0.1, 0.15) is 18.2 Å². The van der Waals surface area contributed by atoms with E-state index in [4.69, 9.17) is 0 Å². The molecule has 1 unspecified atom stereocenters. The number of anilines is 2. The van der Waals surface area contributed by atoms with Crippen molar-refractivity contribution in [1.82, 2.24) is 9.97 Å². The van der Waals surface area contributed by atoms with Crippen LogP contribution in [0.4, 0.5) is 11.8 Å². The number of rotatable bonds is 6. The smallest absolute Gasteiger partial charge is 0.225 e. The van der Waals surface area contributed by atoms with Gasteiger partial charge in [0, 0.05) is 30.8 Å². The molecule has 4 nitrogen and oxygen atoms in total. The van der Waals surface area contributed by atoms with E-state index < -0.39 is 0 Å². The fraction of sp³-hybridized carbons (Fsp3) is 0.571. The number of aromatic nitrogens is 2. The molecule has 0 radical (unpaired) electrons. The van der Waals surface area contributed by atoms with Crippen LogP contribution >= 0.6 is 23.1 Å². The normalized spacial score (nSPS) is 12.7. The Hall–Kier alpha value is -1.01. The largest absolute Gasteiger partial charge is 0.357 e. The Morgan fingerprint density at radius 3 is 2.80 bits per heavy atom. The van der Waals surface area contributed by atoms with Gasteiger partial charge in [0.25, 0.3) is 0 Å². The second-order valence-electron chi connectivity index (χ2n) is 4.83. The highest BCUT2D eigenvalue weighted by Crippen LogP contribution is 2.32. The van der Waals surface area contributed by atoms with Crippen molar-refractivity contribution in [3.63, 3.8) is 0 Å². The van der Waals surface area contributed by atoms with Gasteiger partial charge in [-0.25, -0.2) is 4.98 Å². The molecule has 1 N–H and O–H groups in total. The van der Waals surface area contributed by atoms with E-state index in [1.54, 1.807) is 11.3 Å². The molecule has 0 saturated heterocycles. The molecule has 2 aromatic heterocycles. The van der Waals surface area contributed by atoms with E-state index in [0.717, 1.165) is 28.2 Å². The van der Waals surface area contributed by atoms with Gasteiger partial charge < -0.3 is 10.2 Å². The average Bonchev–Trinajstić information content (AvgIpc) is 2.82. The molecule has 2 aromatic rings. The fourth-order valence-electron chi connectivity index (χ4n) is 2.28. The second-order valence-corrected chi connectivity index (χ2v) is 6.97. The van der Waals surface area contributed by atoms with Crippen LogP contribution in [-0.4, -0.2) is 42.1 Å². The second kappa shape index (κ2) is 6.63. The molecule has 2 rings (SSSR count). The highest BCUT2D eigenvalue weighted by Gasteiger charge is 2.19. The van der Waals surface area contributed by atoms with Crippen molar-refractivity contribution < 1.29 is 0 Å².